The Morgan fingerprint density at radius 1 is 1.44 bits per heavy atom. The van der Waals surface area contributed by atoms with E-state index in [1.807, 2.05) is 18.2 Å². The zero-order valence-corrected chi connectivity index (χ0v) is 11.7. The molecule has 1 saturated carbocycles. The first kappa shape index (κ1) is 14.2. The van der Waals surface area contributed by atoms with Crippen LogP contribution in [0.4, 0.5) is 0 Å². The summed E-state index contributed by atoms with van der Waals surface area (Å²) in [5, 5.41) is 22.4. The third-order valence-corrected chi connectivity index (χ3v) is 4.31. The molecule has 0 saturated heterocycles. The molecule has 0 heterocycles. The molecule has 0 spiro atoms. The lowest BCUT2D eigenvalue weighted by molar-refractivity contribution is 0.113. The van der Waals surface area contributed by atoms with Gasteiger partial charge in [0.2, 0.25) is 0 Å². The third kappa shape index (κ3) is 4.44. The maximum Gasteiger partial charge on any atom is 0.0864 e. The van der Waals surface area contributed by atoms with Gasteiger partial charge in [0.25, 0.3) is 0 Å². The maximum absolute atomic E-state index is 9.39. The summed E-state index contributed by atoms with van der Waals surface area (Å²) in [6, 6.07) is 6.49. The molecule has 1 atom stereocenters. The van der Waals surface area contributed by atoms with Gasteiger partial charge in [-0.3, -0.25) is 0 Å². The Morgan fingerprint density at radius 2 is 2.22 bits per heavy atom. The highest BCUT2D eigenvalue weighted by Crippen LogP contribution is 2.28. The Kier molecular flexibility index (Phi) is 5.33. The summed E-state index contributed by atoms with van der Waals surface area (Å²) in [5.74, 6) is 0.479. The Hall–Kier alpha value is -0.260. The molecule has 1 aromatic carbocycles. The van der Waals surface area contributed by atoms with Crippen LogP contribution in [-0.2, 0) is 6.54 Å². The van der Waals surface area contributed by atoms with Crippen LogP contribution in [0.3, 0.4) is 0 Å². The topological polar surface area (TPSA) is 52.5 Å². The van der Waals surface area contributed by atoms with Crippen LogP contribution in [0, 0.1) is 0 Å². The lowest BCUT2D eigenvalue weighted by Gasteiger charge is -2.12. The molecule has 3 nitrogen and oxygen atoms in total. The van der Waals surface area contributed by atoms with Crippen molar-refractivity contribution < 1.29 is 10.2 Å². The van der Waals surface area contributed by atoms with Crippen LogP contribution >= 0.6 is 23.4 Å². The normalized spacial score (nSPS) is 16.8. The highest BCUT2D eigenvalue weighted by atomic mass is 35.5. The molecular formula is C13H18ClNO2S. The first-order valence-corrected chi connectivity index (χ1v) is 7.49. The van der Waals surface area contributed by atoms with E-state index in [1.54, 1.807) is 0 Å². The second kappa shape index (κ2) is 6.78. The summed E-state index contributed by atoms with van der Waals surface area (Å²) in [4.78, 5) is 1.07. The molecule has 1 aliphatic carbocycles. The zero-order chi connectivity index (χ0) is 13.0. The summed E-state index contributed by atoms with van der Waals surface area (Å²) in [6.45, 7) is 0.628. The second-order valence-electron chi connectivity index (χ2n) is 4.55. The van der Waals surface area contributed by atoms with Crippen molar-refractivity contribution in [3.8, 4) is 0 Å². The van der Waals surface area contributed by atoms with E-state index >= 15 is 0 Å². The van der Waals surface area contributed by atoms with Crippen molar-refractivity contribution in [3.63, 3.8) is 0 Å². The molecule has 0 radical (unpaired) electrons. The van der Waals surface area contributed by atoms with Crippen LogP contribution in [0.25, 0.3) is 0 Å². The van der Waals surface area contributed by atoms with Crippen LogP contribution in [0.2, 0.25) is 5.02 Å². The van der Waals surface area contributed by atoms with Gasteiger partial charge < -0.3 is 15.5 Å². The fourth-order valence-electron chi connectivity index (χ4n) is 1.59. The molecule has 0 aromatic heterocycles. The van der Waals surface area contributed by atoms with Crippen LogP contribution in [-0.4, -0.2) is 34.7 Å². The van der Waals surface area contributed by atoms with Crippen LogP contribution in [0.5, 0.6) is 0 Å². The SMILES string of the molecule is OCC(O)CSc1cc(Cl)ccc1CNC1CC1. The molecule has 0 bridgehead atoms. The van der Waals surface area contributed by atoms with Gasteiger partial charge in [0.05, 0.1) is 12.7 Å². The van der Waals surface area contributed by atoms with Crippen LogP contribution in [0.1, 0.15) is 18.4 Å². The van der Waals surface area contributed by atoms with Crippen molar-refractivity contribution in [2.45, 2.75) is 36.4 Å². The predicted molar refractivity (Wildman–Crippen MR) is 75.1 cm³/mol. The Labute approximate surface area is 117 Å². The van der Waals surface area contributed by atoms with E-state index < -0.39 is 6.10 Å². The van der Waals surface area contributed by atoms with Gasteiger partial charge in [-0.1, -0.05) is 17.7 Å². The number of aliphatic hydroxyl groups excluding tert-OH is 2. The number of aliphatic hydroxyl groups is 2. The molecule has 3 N–H and O–H groups in total. The molecule has 1 aliphatic rings. The monoisotopic (exact) mass is 287 g/mol. The second-order valence-corrected chi connectivity index (χ2v) is 6.05. The Balaban J connectivity index is 1.97. The van der Waals surface area contributed by atoms with E-state index in [0.29, 0.717) is 16.8 Å². The van der Waals surface area contributed by atoms with Gasteiger partial charge in [-0.25, -0.2) is 0 Å². The number of benzene rings is 1. The van der Waals surface area contributed by atoms with Gasteiger partial charge in [-0.15, -0.1) is 11.8 Å². The molecule has 0 amide bonds. The highest BCUT2D eigenvalue weighted by molar-refractivity contribution is 7.99. The summed E-state index contributed by atoms with van der Waals surface area (Å²) in [6.07, 6.45) is 1.84. The summed E-state index contributed by atoms with van der Waals surface area (Å²) < 4.78 is 0. The number of hydrogen-bond acceptors (Lipinski definition) is 4. The van der Waals surface area contributed by atoms with Crippen molar-refractivity contribution in [1.82, 2.24) is 5.32 Å². The third-order valence-electron chi connectivity index (χ3n) is 2.83. The van der Waals surface area contributed by atoms with E-state index in [9.17, 15) is 5.11 Å². The molecule has 1 unspecified atom stereocenters. The standard InChI is InChI=1S/C13H18ClNO2S/c14-10-2-1-9(6-15-11-3-4-11)13(5-10)18-8-12(17)7-16/h1-2,5,11-12,15-17H,3-4,6-8H2. The van der Waals surface area contributed by atoms with Crippen molar-refractivity contribution in [2.24, 2.45) is 0 Å². The van der Waals surface area contributed by atoms with E-state index in [-0.39, 0.29) is 6.61 Å². The van der Waals surface area contributed by atoms with Crippen molar-refractivity contribution in [1.29, 1.82) is 0 Å². The van der Waals surface area contributed by atoms with E-state index in [4.69, 9.17) is 16.7 Å². The van der Waals surface area contributed by atoms with E-state index in [1.165, 1.54) is 30.2 Å². The minimum atomic E-state index is -0.682. The number of nitrogens with one attached hydrogen (secondary N) is 1. The van der Waals surface area contributed by atoms with Gasteiger partial charge in [-0.2, -0.15) is 0 Å². The zero-order valence-electron chi connectivity index (χ0n) is 10.1. The van der Waals surface area contributed by atoms with Gasteiger partial charge in [-0.05, 0) is 30.5 Å². The van der Waals surface area contributed by atoms with Gasteiger partial charge in [0, 0.05) is 28.3 Å². The van der Waals surface area contributed by atoms with Gasteiger partial charge >= 0.3 is 0 Å². The molecular weight excluding hydrogens is 270 g/mol. The first-order valence-electron chi connectivity index (χ1n) is 6.12. The first-order chi connectivity index (χ1) is 8.69. The molecule has 1 aromatic rings. The highest BCUT2D eigenvalue weighted by Gasteiger charge is 2.20. The largest absolute Gasteiger partial charge is 0.394 e. The minimum absolute atomic E-state index is 0.205. The predicted octanol–water partition coefficient (Wildman–Crippen LogP) is 2.04. The maximum atomic E-state index is 9.39. The van der Waals surface area contributed by atoms with E-state index in [2.05, 4.69) is 5.32 Å². The fourth-order valence-corrected chi connectivity index (χ4v) is 2.84. The number of halogens is 1. The molecule has 18 heavy (non-hydrogen) atoms. The number of rotatable bonds is 7. The minimum Gasteiger partial charge on any atom is -0.394 e. The summed E-state index contributed by atoms with van der Waals surface area (Å²) in [5.41, 5.74) is 1.20. The van der Waals surface area contributed by atoms with Crippen LogP contribution in [0.15, 0.2) is 23.1 Å². The smallest absolute Gasteiger partial charge is 0.0864 e. The van der Waals surface area contributed by atoms with Crippen molar-refractivity contribution in [2.75, 3.05) is 12.4 Å². The van der Waals surface area contributed by atoms with Gasteiger partial charge in [0.1, 0.15) is 0 Å². The van der Waals surface area contributed by atoms with Crippen molar-refractivity contribution in [3.05, 3.63) is 28.8 Å². The molecule has 1 fully saturated rings. The average molecular weight is 288 g/mol. The fraction of sp³-hybridized carbons (Fsp3) is 0.538. The summed E-state index contributed by atoms with van der Waals surface area (Å²) >= 11 is 7.53. The lowest BCUT2D eigenvalue weighted by Crippen LogP contribution is -2.17. The molecule has 0 aliphatic heterocycles. The molecule has 100 valence electrons. The van der Waals surface area contributed by atoms with Crippen LogP contribution < -0.4 is 5.32 Å². The summed E-state index contributed by atoms with van der Waals surface area (Å²) in [7, 11) is 0. The quantitative estimate of drug-likeness (QED) is 0.672. The average Bonchev–Trinajstić information content (AvgIpc) is 3.18. The Bertz CT molecular complexity index is 399. The van der Waals surface area contributed by atoms with Crippen molar-refractivity contribution >= 4 is 23.4 Å². The number of hydrogen-bond donors (Lipinski definition) is 3. The Morgan fingerprint density at radius 3 is 2.89 bits per heavy atom. The lowest BCUT2D eigenvalue weighted by atomic mass is 10.2. The van der Waals surface area contributed by atoms with Gasteiger partial charge in [0.15, 0.2) is 0 Å². The molecule has 2 rings (SSSR count). The molecule has 5 heteroatoms. The number of thioether (sulfide) groups is 1. The van der Waals surface area contributed by atoms with E-state index in [0.717, 1.165) is 11.4 Å².